The molecule has 1 atom stereocenters. The molecule has 0 saturated heterocycles. The summed E-state index contributed by atoms with van der Waals surface area (Å²) in [4.78, 5) is 11.9. The summed E-state index contributed by atoms with van der Waals surface area (Å²) < 4.78 is 10.0. The molecular formula is C12H17N5O3. The minimum atomic E-state index is -0.359. The van der Waals surface area contributed by atoms with Crippen molar-refractivity contribution in [3.63, 3.8) is 0 Å². The lowest BCUT2D eigenvalue weighted by atomic mass is 10.2. The maximum atomic E-state index is 11.9. The molecule has 2 aromatic heterocycles. The molecule has 0 spiro atoms. The van der Waals surface area contributed by atoms with Crippen LogP contribution >= 0.6 is 0 Å². The number of nitrogens with zero attached hydrogens (tertiary/aromatic N) is 4. The van der Waals surface area contributed by atoms with E-state index in [1.807, 2.05) is 13.8 Å². The van der Waals surface area contributed by atoms with Crippen molar-refractivity contribution in [1.29, 1.82) is 0 Å². The zero-order valence-electron chi connectivity index (χ0n) is 11.9. The largest absolute Gasteiger partial charge is 0.423 e. The van der Waals surface area contributed by atoms with Crippen LogP contribution in [0.15, 0.2) is 9.05 Å². The summed E-state index contributed by atoms with van der Waals surface area (Å²) in [6.45, 7) is 7.43. The number of amides is 1. The van der Waals surface area contributed by atoms with Gasteiger partial charge in [0.05, 0.1) is 6.42 Å². The third-order valence-corrected chi connectivity index (χ3v) is 2.77. The van der Waals surface area contributed by atoms with E-state index in [0.29, 0.717) is 23.2 Å². The van der Waals surface area contributed by atoms with E-state index in [1.165, 1.54) is 0 Å². The summed E-state index contributed by atoms with van der Waals surface area (Å²) >= 11 is 0. The third kappa shape index (κ3) is 3.19. The molecule has 0 aliphatic heterocycles. The first kappa shape index (κ1) is 14.2. The summed E-state index contributed by atoms with van der Waals surface area (Å²) in [5.41, 5.74) is 1.12. The van der Waals surface area contributed by atoms with Crippen LogP contribution in [0, 0.1) is 6.92 Å². The van der Waals surface area contributed by atoms with Gasteiger partial charge in [0.2, 0.25) is 17.7 Å². The van der Waals surface area contributed by atoms with E-state index in [4.69, 9.17) is 4.42 Å². The molecule has 0 bridgehead atoms. The van der Waals surface area contributed by atoms with Crippen molar-refractivity contribution in [2.45, 2.75) is 46.1 Å². The fourth-order valence-electron chi connectivity index (χ4n) is 1.57. The molecule has 0 aromatic carbocycles. The monoisotopic (exact) mass is 279 g/mol. The molecule has 0 aliphatic rings. The molecule has 1 N–H and O–H groups in total. The highest BCUT2D eigenvalue weighted by Gasteiger charge is 2.19. The molecule has 0 fully saturated rings. The van der Waals surface area contributed by atoms with E-state index < -0.39 is 0 Å². The van der Waals surface area contributed by atoms with Crippen LogP contribution in [0.1, 0.15) is 55.9 Å². The smallest absolute Gasteiger partial charge is 0.238 e. The van der Waals surface area contributed by atoms with Gasteiger partial charge in [0.1, 0.15) is 17.4 Å². The minimum Gasteiger partial charge on any atom is -0.423 e. The van der Waals surface area contributed by atoms with E-state index in [2.05, 4.69) is 30.5 Å². The second-order valence-corrected chi connectivity index (χ2v) is 4.90. The molecule has 2 aromatic rings. The van der Waals surface area contributed by atoms with Gasteiger partial charge >= 0.3 is 0 Å². The lowest BCUT2D eigenvalue weighted by molar-refractivity contribution is -0.121. The number of carbonyl (C=O) groups excluding carboxylic acids is 1. The summed E-state index contributed by atoms with van der Waals surface area (Å²) in [7, 11) is 0. The van der Waals surface area contributed by atoms with Gasteiger partial charge in [0.25, 0.3) is 0 Å². The van der Waals surface area contributed by atoms with Crippen LogP contribution in [-0.4, -0.2) is 26.4 Å². The molecule has 1 unspecified atom stereocenters. The number of hydrogen-bond acceptors (Lipinski definition) is 7. The maximum absolute atomic E-state index is 11.9. The van der Waals surface area contributed by atoms with Gasteiger partial charge in [-0.3, -0.25) is 4.79 Å². The Labute approximate surface area is 115 Å². The van der Waals surface area contributed by atoms with Crippen molar-refractivity contribution in [2.75, 3.05) is 0 Å². The maximum Gasteiger partial charge on any atom is 0.238 e. The molecule has 2 rings (SSSR count). The van der Waals surface area contributed by atoms with Crippen molar-refractivity contribution < 1.29 is 13.8 Å². The zero-order valence-corrected chi connectivity index (χ0v) is 11.9. The fourth-order valence-corrected chi connectivity index (χ4v) is 1.57. The molecule has 0 saturated carbocycles. The van der Waals surface area contributed by atoms with Gasteiger partial charge in [-0.15, -0.1) is 10.2 Å². The van der Waals surface area contributed by atoms with Gasteiger partial charge in [-0.05, 0) is 13.8 Å². The van der Waals surface area contributed by atoms with E-state index in [1.54, 1.807) is 13.8 Å². The zero-order chi connectivity index (χ0) is 14.7. The van der Waals surface area contributed by atoms with Gasteiger partial charge in [-0.2, -0.15) is 0 Å². The van der Waals surface area contributed by atoms with Gasteiger partial charge in [-0.25, -0.2) is 4.63 Å². The van der Waals surface area contributed by atoms with Crippen LogP contribution in [0.25, 0.3) is 0 Å². The average Bonchev–Trinajstić information content (AvgIpc) is 2.99. The molecule has 8 nitrogen and oxygen atoms in total. The molecule has 8 heteroatoms. The highest BCUT2D eigenvalue weighted by Crippen LogP contribution is 2.16. The van der Waals surface area contributed by atoms with Crippen molar-refractivity contribution in [1.82, 2.24) is 25.8 Å². The predicted octanol–water partition coefficient (Wildman–Crippen LogP) is 1.30. The number of aryl methyl sites for hydroxylation is 1. The minimum absolute atomic E-state index is 0.102. The molecule has 20 heavy (non-hydrogen) atoms. The highest BCUT2D eigenvalue weighted by atomic mass is 16.6. The van der Waals surface area contributed by atoms with Crippen molar-refractivity contribution >= 4 is 5.91 Å². The average molecular weight is 279 g/mol. The molecular weight excluding hydrogens is 262 g/mol. The first-order valence-corrected chi connectivity index (χ1v) is 6.38. The number of nitrogens with one attached hydrogen (secondary N) is 1. The van der Waals surface area contributed by atoms with Crippen molar-refractivity contribution in [3.8, 4) is 0 Å². The Morgan fingerprint density at radius 3 is 2.45 bits per heavy atom. The first-order valence-electron chi connectivity index (χ1n) is 6.38. The summed E-state index contributed by atoms with van der Waals surface area (Å²) in [5, 5.41) is 17.9. The number of hydrogen-bond donors (Lipinski definition) is 1. The van der Waals surface area contributed by atoms with E-state index in [0.717, 1.165) is 0 Å². The first-order chi connectivity index (χ1) is 9.47. The Bertz CT molecular complexity index is 589. The standard InChI is InChI=1S/C12H17N5O3/c1-6(2)11-14-15-12(19-11)8(4)13-10(18)5-9-7(3)16-20-17-9/h6,8H,5H2,1-4H3,(H,13,18). The Kier molecular flexibility index (Phi) is 4.11. The molecule has 1 amide bonds. The Hall–Kier alpha value is -2.25. The number of aromatic nitrogens is 4. The molecule has 2 heterocycles. The van der Waals surface area contributed by atoms with E-state index in [9.17, 15) is 4.79 Å². The summed E-state index contributed by atoms with van der Waals surface area (Å²) in [6, 6.07) is -0.359. The summed E-state index contributed by atoms with van der Waals surface area (Å²) in [6.07, 6.45) is 0.102. The SMILES string of the molecule is Cc1nonc1CC(=O)NC(C)c1nnc(C(C)C)o1. The van der Waals surface area contributed by atoms with Crippen LogP contribution in [0.3, 0.4) is 0 Å². The quantitative estimate of drug-likeness (QED) is 0.878. The number of rotatable bonds is 5. The topological polar surface area (TPSA) is 107 Å². The van der Waals surface area contributed by atoms with Gasteiger partial charge in [-0.1, -0.05) is 24.2 Å². The van der Waals surface area contributed by atoms with E-state index >= 15 is 0 Å². The van der Waals surface area contributed by atoms with Crippen LogP contribution in [-0.2, 0) is 11.2 Å². The van der Waals surface area contributed by atoms with Gasteiger partial charge in [0, 0.05) is 5.92 Å². The normalized spacial score (nSPS) is 12.7. The fraction of sp³-hybridized carbons (Fsp3) is 0.583. The summed E-state index contributed by atoms with van der Waals surface area (Å²) in [5.74, 6) is 0.887. The second kappa shape index (κ2) is 5.81. The Morgan fingerprint density at radius 2 is 1.90 bits per heavy atom. The highest BCUT2D eigenvalue weighted by molar-refractivity contribution is 5.78. The van der Waals surface area contributed by atoms with Crippen LogP contribution in [0.2, 0.25) is 0 Å². The van der Waals surface area contributed by atoms with E-state index in [-0.39, 0.29) is 24.3 Å². The third-order valence-electron chi connectivity index (χ3n) is 2.77. The molecule has 0 radical (unpaired) electrons. The lowest BCUT2D eigenvalue weighted by Gasteiger charge is -2.09. The predicted molar refractivity (Wildman–Crippen MR) is 67.7 cm³/mol. The van der Waals surface area contributed by atoms with Crippen LogP contribution < -0.4 is 5.32 Å². The number of carbonyl (C=O) groups is 1. The lowest BCUT2D eigenvalue weighted by Crippen LogP contribution is -2.28. The van der Waals surface area contributed by atoms with Gasteiger partial charge in [0.15, 0.2) is 0 Å². The van der Waals surface area contributed by atoms with Crippen LogP contribution in [0.5, 0.6) is 0 Å². The second-order valence-electron chi connectivity index (χ2n) is 4.90. The Balaban J connectivity index is 1.95. The van der Waals surface area contributed by atoms with Crippen LogP contribution in [0.4, 0.5) is 0 Å². The molecule has 108 valence electrons. The van der Waals surface area contributed by atoms with Gasteiger partial charge < -0.3 is 9.73 Å². The molecule has 0 aliphatic carbocycles. The van der Waals surface area contributed by atoms with Crippen molar-refractivity contribution in [2.24, 2.45) is 0 Å². The Morgan fingerprint density at radius 1 is 1.20 bits per heavy atom. The van der Waals surface area contributed by atoms with Crippen molar-refractivity contribution in [3.05, 3.63) is 23.2 Å².